The molecule has 1 N–H and O–H groups in total. The second kappa shape index (κ2) is 5.34. The number of rotatable bonds is 4. The fourth-order valence-electron chi connectivity index (χ4n) is 2.13. The molecule has 1 saturated carbocycles. The van der Waals surface area contributed by atoms with Crippen LogP contribution in [0.3, 0.4) is 0 Å². The largest absolute Gasteiger partial charge is 0.381 e. The summed E-state index contributed by atoms with van der Waals surface area (Å²) in [5.41, 5.74) is 0.924. The molecule has 0 heterocycles. The SMILES string of the molecule is COC1CC(NC(C)c2ccc(Cl)c(F)c2)C1. The topological polar surface area (TPSA) is 21.3 Å². The van der Waals surface area contributed by atoms with Crippen molar-refractivity contribution in [1.82, 2.24) is 5.32 Å². The molecule has 2 nitrogen and oxygen atoms in total. The molecule has 0 saturated heterocycles. The molecule has 1 aliphatic rings. The number of nitrogens with one attached hydrogen (secondary N) is 1. The molecule has 0 radical (unpaired) electrons. The van der Waals surface area contributed by atoms with Crippen LogP contribution >= 0.6 is 11.6 Å². The summed E-state index contributed by atoms with van der Waals surface area (Å²) in [6, 6.07) is 5.55. The maximum Gasteiger partial charge on any atom is 0.142 e. The van der Waals surface area contributed by atoms with Crippen molar-refractivity contribution >= 4 is 11.6 Å². The van der Waals surface area contributed by atoms with Gasteiger partial charge in [-0.05, 0) is 37.5 Å². The summed E-state index contributed by atoms with van der Waals surface area (Å²) in [4.78, 5) is 0. The van der Waals surface area contributed by atoms with Crippen LogP contribution in [0.2, 0.25) is 5.02 Å². The number of hydrogen-bond acceptors (Lipinski definition) is 2. The van der Waals surface area contributed by atoms with Crippen LogP contribution in [-0.2, 0) is 4.74 Å². The Labute approximate surface area is 106 Å². The monoisotopic (exact) mass is 257 g/mol. The van der Waals surface area contributed by atoms with Gasteiger partial charge in [-0.1, -0.05) is 17.7 Å². The standard InChI is InChI=1S/C13H17ClFNO/c1-8(16-10-6-11(7-10)17-2)9-3-4-12(14)13(15)5-9/h3-5,8,10-11,16H,6-7H2,1-2H3. The predicted molar refractivity (Wildman–Crippen MR) is 66.8 cm³/mol. The Balaban J connectivity index is 1.91. The first kappa shape index (κ1) is 12.8. The van der Waals surface area contributed by atoms with E-state index in [1.807, 2.05) is 13.0 Å². The van der Waals surface area contributed by atoms with Gasteiger partial charge >= 0.3 is 0 Å². The number of ether oxygens (including phenoxy) is 1. The first-order chi connectivity index (χ1) is 8.10. The van der Waals surface area contributed by atoms with E-state index in [-0.39, 0.29) is 16.9 Å². The summed E-state index contributed by atoms with van der Waals surface area (Å²) in [5.74, 6) is -0.360. The zero-order chi connectivity index (χ0) is 12.4. The Morgan fingerprint density at radius 3 is 2.76 bits per heavy atom. The van der Waals surface area contributed by atoms with Crippen molar-refractivity contribution in [2.75, 3.05) is 7.11 Å². The van der Waals surface area contributed by atoms with Gasteiger partial charge in [-0.2, -0.15) is 0 Å². The average Bonchev–Trinajstić information content (AvgIpc) is 2.26. The zero-order valence-corrected chi connectivity index (χ0v) is 10.8. The van der Waals surface area contributed by atoms with E-state index in [2.05, 4.69) is 5.32 Å². The minimum Gasteiger partial charge on any atom is -0.381 e. The van der Waals surface area contributed by atoms with Crippen LogP contribution in [-0.4, -0.2) is 19.3 Å². The minimum atomic E-state index is -0.360. The second-order valence-corrected chi connectivity index (χ2v) is 5.00. The van der Waals surface area contributed by atoms with E-state index in [0.29, 0.717) is 12.1 Å². The Morgan fingerprint density at radius 2 is 2.18 bits per heavy atom. The second-order valence-electron chi connectivity index (χ2n) is 4.59. The first-order valence-electron chi connectivity index (χ1n) is 5.84. The van der Waals surface area contributed by atoms with Crippen LogP contribution in [0.15, 0.2) is 18.2 Å². The summed E-state index contributed by atoms with van der Waals surface area (Å²) in [6.45, 7) is 2.03. The average molecular weight is 258 g/mol. The molecule has 94 valence electrons. The molecular weight excluding hydrogens is 241 g/mol. The summed E-state index contributed by atoms with van der Waals surface area (Å²) in [6.07, 6.45) is 2.43. The quantitative estimate of drug-likeness (QED) is 0.894. The fourth-order valence-corrected chi connectivity index (χ4v) is 2.24. The molecule has 1 aromatic rings. The predicted octanol–water partition coefficient (Wildman–Crippen LogP) is 3.31. The Morgan fingerprint density at radius 1 is 1.47 bits per heavy atom. The van der Waals surface area contributed by atoms with Crippen molar-refractivity contribution < 1.29 is 9.13 Å². The van der Waals surface area contributed by atoms with E-state index in [4.69, 9.17) is 16.3 Å². The third-order valence-electron chi connectivity index (χ3n) is 3.36. The molecule has 0 bridgehead atoms. The number of methoxy groups -OCH3 is 1. The summed E-state index contributed by atoms with van der Waals surface area (Å²) < 4.78 is 18.5. The molecule has 0 amide bonds. The number of hydrogen-bond donors (Lipinski definition) is 1. The zero-order valence-electron chi connectivity index (χ0n) is 10.0. The number of halogens is 2. The van der Waals surface area contributed by atoms with Crippen molar-refractivity contribution in [2.24, 2.45) is 0 Å². The van der Waals surface area contributed by atoms with Gasteiger partial charge in [0.2, 0.25) is 0 Å². The Kier molecular flexibility index (Phi) is 4.02. The third kappa shape index (κ3) is 2.97. The molecule has 0 spiro atoms. The molecule has 2 rings (SSSR count). The van der Waals surface area contributed by atoms with E-state index < -0.39 is 0 Å². The van der Waals surface area contributed by atoms with Gasteiger partial charge in [0.15, 0.2) is 0 Å². The highest BCUT2D eigenvalue weighted by Gasteiger charge is 2.29. The van der Waals surface area contributed by atoms with E-state index >= 15 is 0 Å². The number of benzene rings is 1. The van der Waals surface area contributed by atoms with Crippen LogP contribution in [0.4, 0.5) is 4.39 Å². The maximum absolute atomic E-state index is 13.3. The maximum atomic E-state index is 13.3. The van der Waals surface area contributed by atoms with Crippen molar-refractivity contribution in [3.63, 3.8) is 0 Å². The first-order valence-corrected chi connectivity index (χ1v) is 6.21. The van der Waals surface area contributed by atoms with Crippen LogP contribution in [0.25, 0.3) is 0 Å². The van der Waals surface area contributed by atoms with Gasteiger partial charge in [0.05, 0.1) is 11.1 Å². The van der Waals surface area contributed by atoms with Gasteiger partial charge in [-0.3, -0.25) is 0 Å². The van der Waals surface area contributed by atoms with Crippen molar-refractivity contribution in [2.45, 2.75) is 38.0 Å². The molecule has 0 aromatic heterocycles. The van der Waals surface area contributed by atoms with E-state index in [9.17, 15) is 4.39 Å². The van der Waals surface area contributed by atoms with Crippen molar-refractivity contribution in [1.29, 1.82) is 0 Å². The Bertz CT molecular complexity index is 393. The molecule has 1 atom stereocenters. The fraction of sp³-hybridized carbons (Fsp3) is 0.538. The Hall–Kier alpha value is -0.640. The van der Waals surface area contributed by atoms with Gasteiger partial charge in [0.25, 0.3) is 0 Å². The molecule has 4 heteroatoms. The third-order valence-corrected chi connectivity index (χ3v) is 3.66. The van der Waals surface area contributed by atoms with Crippen molar-refractivity contribution in [3.8, 4) is 0 Å². The molecule has 1 aliphatic carbocycles. The molecular formula is C13H17ClFNO. The highest BCUT2D eigenvalue weighted by molar-refractivity contribution is 6.30. The molecule has 1 fully saturated rings. The summed E-state index contributed by atoms with van der Waals surface area (Å²) in [7, 11) is 1.74. The lowest BCUT2D eigenvalue weighted by molar-refractivity contribution is 0.0147. The lowest BCUT2D eigenvalue weighted by Gasteiger charge is -2.36. The van der Waals surface area contributed by atoms with E-state index in [1.165, 1.54) is 6.07 Å². The highest BCUT2D eigenvalue weighted by atomic mass is 35.5. The summed E-state index contributed by atoms with van der Waals surface area (Å²) >= 11 is 5.66. The smallest absolute Gasteiger partial charge is 0.142 e. The van der Waals surface area contributed by atoms with E-state index in [1.54, 1.807) is 13.2 Å². The lowest BCUT2D eigenvalue weighted by atomic mass is 9.88. The van der Waals surface area contributed by atoms with Gasteiger partial charge in [0.1, 0.15) is 5.82 Å². The van der Waals surface area contributed by atoms with Gasteiger partial charge < -0.3 is 10.1 Å². The highest BCUT2D eigenvalue weighted by Crippen LogP contribution is 2.26. The van der Waals surface area contributed by atoms with Crippen LogP contribution in [0.1, 0.15) is 31.4 Å². The lowest BCUT2D eigenvalue weighted by Crippen LogP contribution is -2.45. The van der Waals surface area contributed by atoms with Gasteiger partial charge in [0, 0.05) is 19.2 Å². The minimum absolute atomic E-state index is 0.129. The van der Waals surface area contributed by atoms with Crippen LogP contribution in [0, 0.1) is 5.82 Å². The summed E-state index contributed by atoms with van der Waals surface area (Å²) in [5, 5.41) is 3.62. The molecule has 1 unspecified atom stereocenters. The molecule has 0 aliphatic heterocycles. The van der Waals surface area contributed by atoms with Crippen LogP contribution in [0.5, 0.6) is 0 Å². The molecule has 1 aromatic carbocycles. The van der Waals surface area contributed by atoms with Crippen molar-refractivity contribution in [3.05, 3.63) is 34.6 Å². The van der Waals surface area contributed by atoms with Gasteiger partial charge in [-0.25, -0.2) is 4.39 Å². The molecule has 17 heavy (non-hydrogen) atoms. The normalized spacial score (nSPS) is 25.4. The van der Waals surface area contributed by atoms with E-state index in [0.717, 1.165) is 18.4 Å². The van der Waals surface area contributed by atoms with Gasteiger partial charge in [-0.15, -0.1) is 0 Å². The van der Waals surface area contributed by atoms with Crippen LogP contribution < -0.4 is 5.32 Å².